The van der Waals surface area contributed by atoms with Crippen LogP contribution in [0.1, 0.15) is 21.6 Å². The van der Waals surface area contributed by atoms with Gasteiger partial charge in [0.05, 0.1) is 41.8 Å². The SMILES string of the molecule is COC(=O)Cc1c(C)n(C(=O)c2c(Cl)cccc2Cl)c2ccc(OC)cc12. The minimum absolute atomic E-state index is 0.0303. The molecule has 2 aromatic carbocycles. The molecule has 0 bridgehead atoms. The summed E-state index contributed by atoms with van der Waals surface area (Å²) in [6.45, 7) is 1.77. The van der Waals surface area contributed by atoms with Crippen LogP contribution in [0, 0.1) is 6.92 Å². The molecule has 7 heteroatoms. The van der Waals surface area contributed by atoms with Crippen molar-refractivity contribution in [1.29, 1.82) is 0 Å². The van der Waals surface area contributed by atoms with Gasteiger partial charge in [-0.2, -0.15) is 0 Å². The quantitative estimate of drug-likeness (QED) is 0.591. The highest BCUT2D eigenvalue weighted by Crippen LogP contribution is 2.33. The normalized spacial score (nSPS) is 10.9. The molecule has 3 rings (SSSR count). The van der Waals surface area contributed by atoms with Gasteiger partial charge in [-0.25, -0.2) is 0 Å². The van der Waals surface area contributed by atoms with Crippen molar-refractivity contribution in [1.82, 2.24) is 4.57 Å². The molecule has 1 heterocycles. The van der Waals surface area contributed by atoms with Crippen LogP contribution in [0.3, 0.4) is 0 Å². The minimum Gasteiger partial charge on any atom is -0.497 e. The smallest absolute Gasteiger partial charge is 0.310 e. The summed E-state index contributed by atoms with van der Waals surface area (Å²) < 4.78 is 11.6. The van der Waals surface area contributed by atoms with E-state index in [2.05, 4.69) is 0 Å². The number of nitrogens with zero attached hydrogens (tertiary/aromatic N) is 1. The lowest BCUT2D eigenvalue weighted by Gasteiger charge is -2.10. The number of aromatic nitrogens is 1. The Bertz CT molecular complexity index is 1040. The molecule has 140 valence electrons. The fourth-order valence-electron chi connectivity index (χ4n) is 3.10. The molecule has 0 aliphatic rings. The molecule has 0 atom stereocenters. The zero-order valence-corrected chi connectivity index (χ0v) is 16.5. The van der Waals surface area contributed by atoms with Gasteiger partial charge < -0.3 is 9.47 Å². The van der Waals surface area contributed by atoms with Crippen molar-refractivity contribution in [2.45, 2.75) is 13.3 Å². The van der Waals surface area contributed by atoms with Gasteiger partial charge in [0, 0.05) is 11.1 Å². The van der Waals surface area contributed by atoms with E-state index in [1.165, 1.54) is 11.7 Å². The van der Waals surface area contributed by atoms with E-state index in [9.17, 15) is 9.59 Å². The molecular weight excluding hydrogens is 389 g/mol. The number of carbonyl (C=O) groups excluding carboxylic acids is 2. The Kier molecular flexibility index (Phi) is 5.44. The number of fused-ring (bicyclic) bond motifs is 1. The molecule has 0 N–H and O–H groups in total. The third-order valence-corrected chi connectivity index (χ3v) is 5.10. The van der Waals surface area contributed by atoms with Gasteiger partial charge in [-0.3, -0.25) is 14.2 Å². The Balaban J connectivity index is 2.28. The summed E-state index contributed by atoms with van der Waals surface area (Å²) in [5, 5.41) is 1.25. The van der Waals surface area contributed by atoms with Crippen LogP contribution in [0.4, 0.5) is 0 Å². The Hall–Kier alpha value is -2.50. The van der Waals surface area contributed by atoms with Crippen LogP contribution in [0.2, 0.25) is 10.0 Å². The van der Waals surface area contributed by atoms with Crippen molar-refractivity contribution in [3.05, 3.63) is 63.3 Å². The Labute approximate surface area is 166 Å². The van der Waals surface area contributed by atoms with Crippen LogP contribution in [0.25, 0.3) is 10.9 Å². The molecule has 3 aromatic rings. The molecule has 0 unspecified atom stereocenters. The molecular formula is C20H17Cl2NO4. The highest BCUT2D eigenvalue weighted by atomic mass is 35.5. The standard InChI is InChI=1S/C20H17Cl2NO4/c1-11-13(10-18(24)27-3)14-9-12(26-2)7-8-17(14)23(11)20(25)19-15(21)5-4-6-16(19)22/h4-9H,10H2,1-3H3. The predicted octanol–water partition coefficient (Wildman–Crippen LogP) is 4.67. The largest absolute Gasteiger partial charge is 0.497 e. The van der Waals surface area contributed by atoms with E-state index in [1.807, 2.05) is 0 Å². The van der Waals surface area contributed by atoms with E-state index in [4.69, 9.17) is 32.7 Å². The van der Waals surface area contributed by atoms with E-state index >= 15 is 0 Å². The van der Waals surface area contributed by atoms with Crippen LogP contribution in [-0.4, -0.2) is 30.7 Å². The molecule has 0 spiro atoms. The summed E-state index contributed by atoms with van der Waals surface area (Å²) in [5.41, 5.74) is 2.14. The fourth-order valence-corrected chi connectivity index (χ4v) is 3.66. The third kappa shape index (κ3) is 3.40. The van der Waals surface area contributed by atoms with E-state index < -0.39 is 5.97 Å². The number of esters is 1. The van der Waals surface area contributed by atoms with Crippen LogP contribution in [0.15, 0.2) is 36.4 Å². The van der Waals surface area contributed by atoms with Gasteiger partial charge in [-0.05, 0) is 42.8 Å². The lowest BCUT2D eigenvalue weighted by molar-refractivity contribution is -0.139. The van der Waals surface area contributed by atoms with Crippen molar-refractivity contribution in [3.63, 3.8) is 0 Å². The molecule has 0 saturated heterocycles. The van der Waals surface area contributed by atoms with Crippen LogP contribution in [-0.2, 0) is 16.0 Å². The van der Waals surface area contributed by atoms with E-state index in [-0.39, 0.29) is 27.9 Å². The number of rotatable bonds is 4. The number of hydrogen-bond acceptors (Lipinski definition) is 4. The van der Waals surface area contributed by atoms with Gasteiger partial charge in [-0.15, -0.1) is 0 Å². The number of carbonyl (C=O) groups is 2. The second-order valence-electron chi connectivity index (χ2n) is 5.94. The monoisotopic (exact) mass is 405 g/mol. The first-order valence-electron chi connectivity index (χ1n) is 8.12. The maximum absolute atomic E-state index is 13.3. The van der Waals surface area contributed by atoms with E-state index in [1.54, 1.807) is 50.4 Å². The van der Waals surface area contributed by atoms with Crippen LogP contribution < -0.4 is 4.74 Å². The first kappa shape index (κ1) is 19.3. The number of ether oxygens (including phenoxy) is 2. The summed E-state index contributed by atoms with van der Waals surface area (Å²) >= 11 is 12.5. The highest BCUT2D eigenvalue weighted by molar-refractivity contribution is 6.40. The molecule has 5 nitrogen and oxygen atoms in total. The molecule has 0 aliphatic heterocycles. The third-order valence-electron chi connectivity index (χ3n) is 4.47. The van der Waals surface area contributed by atoms with Gasteiger partial charge >= 0.3 is 5.97 Å². The predicted molar refractivity (Wildman–Crippen MR) is 105 cm³/mol. The first-order valence-corrected chi connectivity index (χ1v) is 8.88. The molecule has 0 radical (unpaired) electrons. The molecule has 0 amide bonds. The fraction of sp³-hybridized carbons (Fsp3) is 0.200. The van der Waals surface area contributed by atoms with Gasteiger partial charge in [0.2, 0.25) is 0 Å². The summed E-state index contributed by atoms with van der Waals surface area (Å²) in [4.78, 5) is 25.2. The second-order valence-corrected chi connectivity index (χ2v) is 6.75. The van der Waals surface area contributed by atoms with E-state index in [0.717, 1.165) is 5.39 Å². The molecule has 27 heavy (non-hydrogen) atoms. The highest BCUT2D eigenvalue weighted by Gasteiger charge is 2.24. The Morgan fingerprint density at radius 1 is 1.07 bits per heavy atom. The molecule has 1 aromatic heterocycles. The van der Waals surface area contributed by atoms with Crippen molar-refractivity contribution >= 4 is 46.0 Å². The molecule has 0 saturated carbocycles. The Morgan fingerprint density at radius 2 is 1.74 bits per heavy atom. The zero-order chi connectivity index (χ0) is 19.7. The van der Waals surface area contributed by atoms with Crippen molar-refractivity contribution < 1.29 is 19.1 Å². The average molecular weight is 406 g/mol. The van der Waals surface area contributed by atoms with Crippen molar-refractivity contribution in [3.8, 4) is 5.75 Å². The number of methoxy groups -OCH3 is 2. The van der Waals surface area contributed by atoms with Gasteiger partial charge in [0.15, 0.2) is 0 Å². The Morgan fingerprint density at radius 3 is 2.33 bits per heavy atom. The number of hydrogen-bond donors (Lipinski definition) is 0. The zero-order valence-electron chi connectivity index (χ0n) is 15.0. The lowest BCUT2D eigenvalue weighted by Crippen LogP contribution is -2.15. The van der Waals surface area contributed by atoms with Crippen LogP contribution >= 0.6 is 23.2 Å². The summed E-state index contributed by atoms with van der Waals surface area (Å²) in [6, 6.07) is 10.2. The van der Waals surface area contributed by atoms with Crippen molar-refractivity contribution in [2.24, 2.45) is 0 Å². The maximum Gasteiger partial charge on any atom is 0.310 e. The average Bonchev–Trinajstić information content (AvgIpc) is 2.92. The molecule has 0 aliphatic carbocycles. The van der Waals surface area contributed by atoms with E-state index in [0.29, 0.717) is 22.5 Å². The second kappa shape index (κ2) is 7.62. The number of benzene rings is 2. The lowest BCUT2D eigenvalue weighted by atomic mass is 10.1. The molecule has 0 fully saturated rings. The topological polar surface area (TPSA) is 57.5 Å². The first-order chi connectivity index (χ1) is 12.9. The number of halogens is 2. The minimum atomic E-state index is -0.400. The summed E-state index contributed by atoms with van der Waals surface area (Å²) in [5.74, 6) is -0.147. The van der Waals surface area contributed by atoms with Crippen LogP contribution in [0.5, 0.6) is 5.75 Å². The summed E-state index contributed by atoms with van der Waals surface area (Å²) in [7, 11) is 2.88. The van der Waals surface area contributed by atoms with Gasteiger partial charge in [0.25, 0.3) is 5.91 Å². The van der Waals surface area contributed by atoms with Crippen molar-refractivity contribution in [2.75, 3.05) is 14.2 Å². The maximum atomic E-state index is 13.3. The van der Waals surface area contributed by atoms with Gasteiger partial charge in [-0.1, -0.05) is 29.3 Å². The van der Waals surface area contributed by atoms with Gasteiger partial charge in [0.1, 0.15) is 5.75 Å². The summed E-state index contributed by atoms with van der Waals surface area (Å²) in [6.07, 6.45) is 0.0303.